The van der Waals surface area contributed by atoms with Gasteiger partial charge in [0.2, 0.25) is 0 Å². The second-order valence-electron chi connectivity index (χ2n) is 5.80. The molecule has 0 fully saturated rings. The zero-order valence-corrected chi connectivity index (χ0v) is 12.8. The number of aryl methyl sites for hydroxylation is 2. The van der Waals surface area contributed by atoms with E-state index in [-0.39, 0.29) is 11.5 Å². The Kier molecular flexibility index (Phi) is 2.89. The Hall–Kier alpha value is -1.68. The first-order valence-corrected chi connectivity index (χ1v) is 8.13. The predicted octanol–water partition coefficient (Wildman–Crippen LogP) is 3.62. The molecule has 0 saturated carbocycles. The second-order valence-corrected chi connectivity index (χ2v) is 6.86. The zero-order chi connectivity index (χ0) is 14.6. The molecule has 0 amide bonds. The number of rotatable bonds is 0. The molecular weight excluding hydrogens is 284 g/mol. The third-order valence-electron chi connectivity index (χ3n) is 4.33. The summed E-state index contributed by atoms with van der Waals surface area (Å²) in [6, 6.07) is 8.27. The minimum atomic E-state index is -0.202. The maximum Gasteiger partial charge on any atom is 0.340 e. The summed E-state index contributed by atoms with van der Waals surface area (Å²) in [5.41, 5.74) is 3.05. The van der Waals surface area contributed by atoms with Crippen molar-refractivity contribution in [2.24, 2.45) is 0 Å². The van der Waals surface area contributed by atoms with Gasteiger partial charge in [-0.25, -0.2) is 4.79 Å². The summed E-state index contributed by atoms with van der Waals surface area (Å²) >= 11 is 1.76. The quantitative estimate of drug-likeness (QED) is 0.745. The Bertz CT molecular complexity index is 778. The molecule has 0 N–H and O–H groups in total. The number of benzene rings is 1. The van der Waals surface area contributed by atoms with E-state index in [9.17, 15) is 4.79 Å². The average Bonchev–Trinajstić information content (AvgIpc) is 2.45. The molecular formula is C17H16O3S. The molecule has 2 aliphatic heterocycles. The molecule has 1 aromatic heterocycles. The second kappa shape index (κ2) is 4.67. The Balaban J connectivity index is 1.86. The molecule has 0 radical (unpaired) electrons. The molecule has 3 heterocycles. The standard InChI is InChI=1S/C17H16O3S/c1-9-3-4-14-11(5-9)13-8-21-15-6-10(2)20-17(18)16(15)12(13)7-19-14/h3-6,12-13H,7-8H2,1-2H3/t12-,13+/m0/s1. The van der Waals surface area contributed by atoms with Crippen molar-refractivity contribution < 1.29 is 9.15 Å². The van der Waals surface area contributed by atoms with Gasteiger partial charge in [-0.2, -0.15) is 0 Å². The number of fused-ring (bicyclic) bond motifs is 5. The molecule has 0 unspecified atom stereocenters. The largest absolute Gasteiger partial charge is 0.493 e. The van der Waals surface area contributed by atoms with Gasteiger partial charge >= 0.3 is 5.63 Å². The van der Waals surface area contributed by atoms with Crippen molar-refractivity contribution in [1.29, 1.82) is 0 Å². The predicted molar refractivity (Wildman–Crippen MR) is 82.6 cm³/mol. The highest BCUT2D eigenvalue weighted by Gasteiger charge is 2.39. The van der Waals surface area contributed by atoms with Gasteiger partial charge in [0.15, 0.2) is 0 Å². The van der Waals surface area contributed by atoms with Crippen LogP contribution < -0.4 is 10.4 Å². The Morgan fingerprint density at radius 1 is 1.19 bits per heavy atom. The Labute approximate surface area is 127 Å². The van der Waals surface area contributed by atoms with E-state index in [4.69, 9.17) is 9.15 Å². The van der Waals surface area contributed by atoms with Crippen LogP contribution >= 0.6 is 11.8 Å². The maximum absolute atomic E-state index is 12.3. The highest BCUT2D eigenvalue weighted by molar-refractivity contribution is 7.99. The van der Waals surface area contributed by atoms with E-state index in [0.29, 0.717) is 18.3 Å². The van der Waals surface area contributed by atoms with Gasteiger partial charge in [0.1, 0.15) is 11.5 Å². The van der Waals surface area contributed by atoms with Gasteiger partial charge in [0, 0.05) is 22.5 Å². The molecule has 0 aliphatic carbocycles. The number of hydrogen-bond donors (Lipinski definition) is 0. The molecule has 2 atom stereocenters. The van der Waals surface area contributed by atoms with Crippen LogP contribution in [0.4, 0.5) is 0 Å². The lowest BCUT2D eigenvalue weighted by Gasteiger charge is -2.37. The van der Waals surface area contributed by atoms with Crippen LogP contribution in [0, 0.1) is 13.8 Å². The van der Waals surface area contributed by atoms with E-state index in [0.717, 1.165) is 22.0 Å². The molecule has 0 saturated heterocycles. The van der Waals surface area contributed by atoms with Crippen LogP contribution in [0.1, 0.15) is 34.3 Å². The minimum absolute atomic E-state index is 0.104. The molecule has 2 aliphatic rings. The van der Waals surface area contributed by atoms with Crippen molar-refractivity contribution in [3.05, 3.63) is 57.1 Å². The van der Waals surface area contributed by atoms with Gasteiger partial charge in [0.25, 0.3) is 0 Å². The van der Waals surface area contributed by atoms with Gasteiger partial charge < -0.3 is 9.15 Å². The van der Waals surface area contributed by atoms with Gasteiger partial charge in [-0.15, -0.1) is 11.8 Å². The summed E-state index contributed by atoms with van der Waals surface area (Å²) in [5.74, 6) is 3.06. The number of hydrogen-bond acceptors (Lipinski definition) is 4. The summed E-state index contributed by atoms with van der Waals surface area (Å²) in [5, 5.41) is 0. The SMILES string of the molecule is Cc1ccc2c(c1)[C@H]1CSc3cc(C)oc(=O)c3[C@H]1CO2. The molecule has 4 heteroatoms. The van der Waals surface area contributed by atoms with Crippen LogP contribution in [-0.2, 0) is 0 Å². The van der Waals surface area contributed by atoms with Crippen LogP contribution in [0.5, 0.6) is 5.75 Å². The molecule has 21 heavy (non-hydrogen) atoms. The summed E-state index contributed by atoms with van der Waals surface area (Å²) in [6.45, 7) is 4.47. The molecule has 108 valence electrons. The highest BCUT2D eigenvalue weighted by Crippen LogP contribution is 2.49. The van der Waals surface area contributed by atoms with Gasteiger partial charge in [-0.3, -0.25) is 0 Å². The van der Waals surface area contributed by atoms with E-state index in [1.165, 1.54) is 11.1 Å². The fourth-order valence-corrected chi connectivity index (χ4v) is 4.73. The minimum Gasteiger partial charge on any atom is -0.493 e. The molecule has 3 nitrogen and oxygen atoms in total. The highest BCUT2D eigenvalue weighted by atomic mass is 32.2. The normalized spacial score (nSPS) is 22.8. The van der Waals surface area contributed by atoms with E-state index in [1.807, 2.05) is 19.1 Å². The smallest absolute Gasteiger partial charge is 0.340 e. The lowest BCUT2D eigenvalue weighted by Crippen LogP contribution is -2.32. The summed E-state index contributed by atoms with van der Waals surface area (Å²) in [4.78, 5) is 13.3. The zero-order valence-electron chi connectivity index (χ0n) is 12.0. The first-order valence-electron chi connectivity index (χ1n) is 7.14. The Morgan fingerprint density at radius 3 is 2.90 bits per heavy atom. The fourth-order valence-electron chi connectivity index (χ4n) is 3.32. The molecule has 1 aromatic carbocycles. The topological polar surface area (TPSA) is 39.4 Å². The number of thioether (sulfide) groups is 1. The summed E-state index contributed by atoms with van der Waals surface area (Å²) < 4.78 is 11.2. The van der Waals surface area contributed by atoms with Crippen molar-refractivity contribution in [1.82, 2.24) is 0 Å². The third kappa shape index (κ3) is 2.01. The molecule has 0 bridgehead atoms. The third-order valence-corrected chi connectivity index (χ3v) is 5.51. The van der Waals surface area contributed by atoms with Crippen molar-refractivity contribution in [3.63, 3.8) is 0 Å². The van der Waals surface area contributed by atoms with Crippen LogP contribution in [0.25, 0.3) is 0 Å². The first-order chi connectivity index (χ1) is 10.1. The molecule has 2 aromatic rings. The van der Waals surface area contributed by atoms with E-state index in [2.05, 4.69) is 19.1 Å². The van der Waals surface area contributed by atoms with E-state index < -0.39 is 0 Å². The first kappa shape index (κ1) is 13.0. The average molecular weight is 300 g/mol. The lowest BCUT2D eigenvalue weighted by atomic mass is 9.80. The maximum atomic E-state index is 12.3. The van der Waals surface area contributed by atoms with Crippen LogP contribution in [0.15, 0.2) is 38.4 Å². The van der Waals surface area contributed by atoms with Gasteiger partial charge in [0.05, 0.1) is 12.2 Å². The van der Waals surface area contributed by atoms with Crippen molar-refractivity contribution >= 4 is 11.8 Å². The fraction of sp³-hybridized carbons (Fsp3) is 0.353. The van der Waals surface area contributed by atoms with Crippen molar-refractivity contribution in [2.75, 3.05) is 12.4 Å². The van der Waals surface area contributed by atoms with Crippen molar-refractivity contribution in [2.45, 2.75) is 30.6 Å². The van der Waals surface area contributed by atoms with Crippen molar-refractivity contribution in [3.8, 4) is 5.75 Å². The Morgan fingerprint density at radius 2 is 2.05 bits per heavy atom. The van der Waals surface area contributed by atoms with Crippen LogP contribution in [-0.4, -0.2) is 12.4 Å². The van der Waals surface area contributed by atoms with Gasteiger partial charge in [-0.05, 0) is 31.5 Å². The monoisotopic (exact) mass is 300 g/mol. The van der Waals surface area contributed by atoms with E-state index in [1.54, 1.807) is 11.8 Å². The molecule has 0 spiro atoms. The van der Waals surface area contributed by atoms with Crippen LogP contribution in [0.3, 0.4) is 0 Å². The van der Waals surface area contributed by atoms with Gasteiger partial charge in [-0.1, -0.05) is 17.7 Å². The van der Waals surface area contributed by atoms with Crippen LogP contribution in [0.2, 0.25) is 0 Å². The summed E-state index contributed by atoms with van der Waals surface area (Å²) in [7, 11) is 0. The summed E-state index contributed by atoms with van der Waals surface area (Å²) in [6.07, 6.45) is 0. The number of ether oxygens (including phenoxy) is 1. The van der Waals surface area contributed by atoms with E-state index >= 15 is 0 Å². The lowest BCUT2D eigenvalue weighted by molar-refractivity contribution is 0.237. The molecule has 4 rings (SSSR count).